The van der Waals surface area contributed by atoms with Gasteiger partial charge in [0.15, 0.2) is 0 Å². The van der Waals surface area contributed by atoms with Crippen LogP contribution < -0.4 is 10.1 Å². The molecule has 0 bridgehead atoms. The maximum Gasteiger partial charge on any atom is 0.413 e. The van der Waals surface area contributed by atoms with E-state index in [1.54, 1.807) is 25.6 Å². The molecule has 9 heteroatoms. The van der Waals surface area contributed by atoms with E-state index in [1.165, 1.54) is 0 Å². The van der Waals surface area contributed by atoms with E-state index >= 15 is 0 Å². The minimum absolute atomic E-state index is 0.380. The van der Waals surface area contributed by atoms with Crippen LogP contribution in [0.25, 0.3) is 33.4 Å². The molecule has 4 heterocycles. The van der Waals surface area contributed by atoms with Crippen molar-refractivity contribution in [2.75, 3.05) is 12.4 Å². The summed E-state index contributed by atoms with van der Waals surface area (Å²) < 4.78 is 12.4. The van der Waals surface area contributed by atoms with Gasteiger partial charge in [0.25, 0.3) is 0 Å². The molecule has 1 amide bonds. The van der Waals surface area contributed by atoms with Crippen molar-refractivity contribution in [1.29, 1.82) is 0 Å². The minimum atomic E-state index is -0.590. The van der Waals surface area contributed by atoms with Crippen LogP contribution in [0.5, 0.6) is 5.75 Å². The Labute approximate surface area is 226 Å². The molecular formula is C30H30N6O3. The molecule has 0 spiro atoms. The van der Waals surface area contributed by atoms with E-state index in [9.17, 15) is 4.79 Å². The Morgan fingerprint density at radius 2 is 1.74 bits per heavy atom. The van der Waals surface area contributed by atoms with Crippen molar-refractivity contribution >= 4 is 22.8 Å². The first-order valence-corrected chi connectivity index (χ1v) is 12.6. The Morgan fingerprint density at radius 3 is 2.46 bits per heavy atom. The number of hydrogen-bond acceptors (Lipinski definition) is 7. The average Bonchev–Trinajstić information content (AvgIpc) is 3.36. The Balaban J connectivity index is 1.31. The molecule has 198 valence electrons. The maximum atomic E-state index is 12.1. The molecule has 39 heavy (non-hydrogen) atoms. The standard InChI is InChI=1S/C30H30N6O3/c1-19-12-27(25-10-11-36(35-25)18-20-6-8-23(38-5)9-7-20)32-17-24(19)21-13-22-16-33-28(14-26(22)31-15-21)34-29(37)39-30(2,3)4/h6-17H,18H2,1-5H3,(H,33,34,37). The van der Waals surface area contributed by atoms with Crippen LogP contribution in [0.2, 0.25) is 0 Å². The number of carbonyl (C=O) groups excluding carboxylic acids is 1. The first-order chi connectivity index (χ1) is 18.7. The van der Waals surface area contributed by atoms with Crippen LogP contribution in [0, 0.1) is 6.92 Å². The second-order valence-corrected chi connectivity index (χ2v) is 10.2. The Bertz CT molecular complexity index is 1640. The molecule has 4 aromatic heterocycles. The number of aryl methyl sites for hydroxylation is 1. The first kappa shape index (κ1) is 25.8. The number of pyridine rings is 3. The minimum Gasteiger partial charge on any atom is -0.497 e. The number of benzene rings is 1. The van der Waals surface area contributed by atoms with Crippen molar-refractivity contribution in [3.05, 3.63) is 84.4 Å². The third-order valence-electron chi connectivity index (χ3n) is 6.02. The summed E-state index contributed by atoms with van der Waals surface area (Å²) in [6.07, 6.45) is 6.73. The van der Waals surface area contributed by atoms with Crippen molar-refractivity contribution in [3.8, 4) is 28.3 Å². The summed E-state index contributed by atoms with van der Waals surface area (Å²) in [7, 11) is 1.66. The van der Waals surface area contributed by atoms with Crippen LogP contribution in [-0.4, -0.2) is 43.5 Å². The number of aromatic nitrogens is 5. The largest absolute Gasteiger partial charge is 0.497 e. The molecule has 0 fully saturated rings. The number of carbonyl (C=O) groups is 1. The molecule has 0 saturated heterocycles. The van der Waals surface area contributed by atoms with Crippen LogP contribution in [0.1, 0.15) is 31.9 Å². The molecule has 0 aliphatic heterocycles. The molecule has 0 aliphatic rings. The molecule has 5 aromatic rings. The highest BCUT2D eigenvalue weighted by Crippen LogP contribution is 2.28. The SMILES string of the molecule is COc1ccc(Cn2ccc(-c3cc(C)c(-c4cnc5cc(NC(=O)OC(C)(C)C)ncc5c4)cn3)n2)cc1. The van der Waals surface area contributed by atoms with E-state index in [4.69, 9.17) is 14.6 Å². The van der Waals surface area contributed by atoms with Crippen molar-refractivity contribution in [2.45, 2.75) is 39.8 Å². The van der Waals surface area contributed by atoms with Crippen LogP contribution >= 0.6 is 0 Å². The number of fused-ring (bicyclic) bond motifs is 1. The predicted octanol–water partition coefficient (Wildman–Crippen LogP) is 6.27. The van der Waals surface area contributed by atoms with E-state index in [0.717, 1.165) is 44.8 Å². The number of hydrogen-bond donors (Lipinski definition) is 1. The van der Waals surface area contributed by atoms with Gasteiger partial charge in [-0.05, 0) is 69.2 Å². The number of ether oxygens (including phenoxy) is 2. The van der Waals surface area contributed by atoms with E-state index in [0.29, 0.717) is 17.9 Å². The predicted molar refractivity (Wildman–Crippen MR) is 151 cm³/mol. The van der Waals surface area contributed by atoms with Gasteiger partial charge in [-0.25, -0.2) is 9.78 Å². The summed E-state index contributed by atoms with van der Waals surface area (Å²) in [6, 6.07) is 15.7. The third kappa shape index (κ3) is 6.20. The van der Waals surface area contributed by atoms with Crippen molar-refractivity contribution in [3.63, 3.8) is 0 Å². The van der Waals surface area contributed by atoms with Crippen LogP contribution in [0.15, 0.2) is 73.3 Å². The van der Waals surface area contributed by atoms with Crippen molar-refractivity contribution in [2.24, 2.45) is 0 Å². The molecule has 9 nitrogen and oxygen atoms in total. The number of methoxy groups -OCH3 is 1. The topological polar surface area (TPSA) is 104 Å². The lowest BCUT2D eigenvalue weighted by atomic mass is 10.0. The lowest BCUT2D eigenvalue weighted by Crippen LogP contribution is -2.27. The molecule has 1 aromatic carbocycles. The molecule has 0 saturated carbocycles. The zero-order valence-electron chi connectivity index (χ0n) is 22.6. The van der Waals surface area contributed by atoms with Crippen LogP contribution in [-0.2, 0) is 11.3 Å². The fourth-order valence-corrected chi connectivity index (χ4v) is 4.15. The van der Waals surface area contributed by atoms with E-state index < -0.39 is 11.7 Å². The molecule has 1 N–H and O–H groups in total. The molecular weight excluding hydrogens is 492 g/mol. The van der Waals surface area contributed by atoms with E-state index in [2.05, 4.69) is 20.3 Å². The number of amides is 1. The molecule has 0 aliphatic carbocycles. The quantitative estimate of drug-likeness (QED) is 0.280. The summed E-state index contributed by atoms with van der Waals surface area (Å²) in [4.78, 5) is 25.7. The lowest BCUT2D eigenvalue weighted by molar-refractivity contribution is 0.0635. The monoisotopic (exact) mass is 522 g/mol. The number of nitrogens with zero attached hydrogens (tertiary/aromatic N) is 5. The zero-order valence-corrected chi connectivity index (χ0v) is 22.6. The highest BCUT2D eigenvalue weighted by atomic mass is 16.6. The van der Waals surface area contributed by atoms with E-state index in [-0.39, 0.29) is 0 Å². The van der Waals surface area contributed by atoms with Gasteiger partial charge in [0.2, 0.25) is 0 Å². The van der Waals surface area contributed by atoms with Gasteiger partial charge in [-0.1, -0.05) is 12.1 Å². The van der Waals surface area contributed by atoms with Crippen molar-refractivity contribution in [1.82, 2.24) is 24.7 Å². The average molecular weight is 523 g/mol. The van der Waals surface area contributed by atoms with Gasteiger partial charge in [-0.2, -0.15) is 5.10 Å². The molecule has 5 rings (SSSR count). The smallest absolute Gasteiger partial charge is 0.413 e. The first-order valence-electron chi connectivity index (χ1n) is 12.6. The number of rotatable bonds is 6. The van der Waals surface area contributed by atoms with Gasteiger partial charge < -0.3 is 9.47 Å². The van der Waals surface area contributed by atoms with Gasteiger partial charge in [0.05, 0.1) is 24.9 Å². The fourth-order valence-electron chi connectivity index (χ4n) is 4.15. The van der Waals surface area contributed by atoms with Gasteiger partial charge in [0.1, 0.15) is 22.9 Å². The Morgan fingerprint density at radius 1 is 0.949 bits per heavy atom. The molecule has 0 atom stereocenters. The normalized spacial score (nSPS) is 11.4. The second-order valence-electron chi connectivity index (χ2n) is 10.2. The third-order valence-corrected chi connectivity index (χ3v) is 6.02. The highest BCUT2D eigenvalue weighted by Gasteiger charge is 2.17. The van der Waals surface area contributed by atoms with Gasteiger partial charge in [-0.3, -0.25) is 20.0 Å². The Hall–Kier alpha value is -4.79. The second kappa shape index (κ2) is 10.5. The zero-order chi connectivity index (χ0) is 27.6. The van der Waals surface area contributed by atoms with Gasteiger partial charge in [-0.15, -0.1) is 0 Å². The summed E-state index contributed by atoms with van der Waals surface area (Å²) in [6.45, 7) is 8.13. The number of anilines is 1. The highest BCUT2D eigenvalue weighted by molar-refractivity contribution is 5.89. The van der Waals surface area contributed by atoms with Crippen LogP contribution in [0.3, 0.4) is 0 Å². The summed E-state index contributed by atoms with van der Waals surface area (Å²) in [5.74, 6) is 1.21. The molecule has 0 unspecified atom stereocenters. The maximum absolute atomic E-state index is 12.1. The summed E-state index contributed by atoms with van der Waals surface area (Å²) in [5.41, 5.74) is 5.83. The molecule has 0 radical (unpaired) electrons. The fraction of sp³-hybridized carbons (Fsp3) is 0.233. The summed E-state index contributed by atoms with van der Waals surface area (Å²) >= 11 is 0. The van der Waals surface area contributed by atoms with Gasteiger partial charge >= 0.3 is 6.09 Å². The lowest BCUT2D eigenvalue weighted by Gasteiger charge is -2.19. The Kier molecular flexibility index (Phi) is 6.98. The van der Waals surface area contributed by atoms with Crippen LogP contribution in [0.4, 0.5) is 10.6 Å². The summed E-state index contributed by atoms with van der Waals surface area (Å²) in [5, 5.41) is 8.22. The van der Waals surface area contributed by atoms with Gasteiger partial charge in [0, 0.05) is 47.4 Å². The van der Waals surface area contributed by atoms with Crippen molar-refractivity contribution < 1.29 is 14.3 Å². The van der Waals surface area contributed by atoms with E-state index in [1.807, 2.05) is 87.2 Å². The number of nitrogens with one attached hydrogen (secondary N) is 1.